The zero-order valence-electron chi connectivity index (χ0n) is 22.3. The minimum absolute atomic E-state index is 0.0279. The fourth-order valence-corrected chi connectivity index (χ4v) is 6.25. The predicted molar refractivity (Wildman–Crippen MR) is 162 cm³/mol. The Morgan fingerprint density at radius 1 is 0.850 bits per heavy atom. The number of carbonyl (C=O) groups is 2. The van der Waals surface area contributed by atoms with Crippen LogP contribution in [-0.2, 0) is 26.2 Å². The van der Waals surface area contributed by atoms with Crippen LogP contribution in [0.5, 0.6) is 0 Å². The largest absolute Gasteiger partial charge is 0.352 e. The van der Waals surface area contributed by atoms with E-state index in [1.54, 1.807) is 45.0 Å². The molecule has 40 heavy (non-hydrogen) atoms. The average Bonchev–Trinajstić information content (AvgIpc) is 2.85. The van der Waals surface area contributed by atoms with E-state index in [0.717, 1.165) is 9.87 Å². The van der Waals surface area contributed by atoms with E-state index in [9.17, 15) is 18.0 Å². The van der Waals surface area contributed by atoms with Crippen LogP contribution in [0.2, 0.25) is 20.1 Å². The van der Waals surface area contributed by atoms with Crippen LogP contribution in [0.1, 0.15) is 31.9 Å². The lowest BCUT2D eigenvalue weighted by atomic mass is 10.1. The van der Waals surface area contributed by atoms with Crippen LogP contribution in [0.4, 0.5) is 5.69 Å². The minimum atomic E-state index is -4.26. The van der Waals surface area contributed by atoms with Crippen molar-refractivity contribution in [1.29, 1.82) is 0 Å². The van der Waals surface area contributed by atoms with Gasteiger partial charge in [-0.3, -0.25) is 13.9 Å². The molecule has 0 bridgehead atoms. The van der Waals surface area contributed by atoms with E-state index in [1.807, 2.05) is 6.92 Å². The molecule has 7 nitrogen and oxygen atoms in total. The van der Waals surface area contributed by atoms with Crippen molar-refractivity contribution in [3.63, 3.8) is 0 Å². The van der Waals surface area contributed by atoms with Crippen LogP contribution in [0.25, 0.3) is 0 Å². The summed E-state index contributed by atoms with van der Waals surface area (Å²) >= 11 is 24.8. The Morgan fingerprint density at radius 3 is 2.00 bits per heavy atom. The lowest BCUT2D eigenvalue weighted by molar-refractivity contribution is -0.139. The third-order valence-electron chi connectivity index (χ3n) is 5.98. The van der Waals surface area contributed by atoms with Gasteiger partial charge in [-0.05, 0) is 75.7 Å². The quantitative estimate of drug-likeness (QED) is 0.265. The first kappa shape index (κ1) is 32.0. The number of amides is 2. The van der Waals surface area contributed by atoms with E-state index in [0.29, 0.717) is 15.6 Å². The molecule has 0 radical (unpaired) electrons. The van der Waals surface area contributed by atoms with Gasteiger partial charge in [-0.15, -0.1) is 0 Å². The molecule has 12 heteroatoms. The molecule has 1 atom stereocenters. The second-order valence-electron chi connectivity index (χ2n) is 9.55. The number of carbonyl (C=O) groups excluding carboxylic acids is 2. The Morgan fingerprint density at radius 2 is 1.45 bits per heavy atom. The highest BCUT2D eigenvalue weighted by Crippen LogP contribution is 2.30. The molecule has 3 aromatic carbocycles. The molecule has 0 heterocycles. The smallest absolute Gasteiger partial charge is 0.264 e. The molecule has 3 rings (SSSR count). The van der Waals surface area contributed by atoms with Crippen LogP contribution in [-0.4, -0.2) is 43.8 Å². The first-order chi connectivity index (χ1) is 18.7. The third-order valence-corrected chi connectivity index (χ3v) is 8.79. The lowest BCUT2D eigenvalue weighted by Gasteiger charge is -2.32. The molecule has 214 valence electrons. The molecule has 0 aromatic heterocycles. The molecule has 0 saturated carbocycles. The summed E-state index contributed by atoms with van der Waals surface area (Å²) in [6.07, 6.45) is 0. The highest BCUT2D eigenvalue weighted by molar-refractivity contribution is 7.92. The van der Waals surface area contributed by atoms with Crippen LogP contribution >= 0.6 is 46.4 Å². The van der Waals surface area contributed by atoms with Gasteiger partial charge < -0.3 is 10.2 Å². The van der Waals surface area contributed by atoms with Crippen molar-refractivity contribution in [3.8, 4) is 0 Å². The SMILES string of the molecule is Cc1ccc(S(=O)(=O)N(CC(=O)N(Cc2ccc(Cl)cc2Cl)C(C)C(=O)NC(C)C)c2cc(Cl)cc(Cl)c2)cc1. The lowest BCUT2D eigenvalue weighted by Crippen LogP contribution is -2.52. The van der Waals surface area contributed by atoms with Gasteiger partial charge in [-0.1, -0.05) is 70.2 Å². The van der Waals surface area contributed by atoms with Crippen LogP contribution in [0.15, 0.2) is 65.6 Å². The number of rotatable bonds is 10. The number of anilines is 1. The first-order valence-electron chi connectivity index (χ1n) is 12.3. The van der Waals surface area contributed by atoms with E-state index >= 15 is 0 Å². The van der Waals surface area contributed by atoms with Crippen molar-refractivity contribution in [2.45, 2.75) is 51.2 Å². The molecule has 3 aromatic rings. The molecule has 1 unspecified atom stereocenters. The first-order valence-corrected chi connectivity index (χ1v) is 15.2. The summed E-state index contributed by atoms with van der Waals surface area (Å²) in [6, 6.07) is 14.1. The Kier molecular flexibility index (Phi) is 10.8. The second kappa shape index (κ2) is 13.4. The molecule has 0 aliphatic rings. The molecule has 0 fully saturated rings. The van der Waals surface area contributed by atoms with Crippen molar-refractivity contribution in [2.24, 2.45) is 0 Å². The number of aryl methyl sites for hydroxylation is 1. The summed E-state index contributed by atoms with van der Waals surface area (Å²) in [4.78, 5) is 28.2. The zero-order chi connectivity index (χ0) is 29.8. The number of halogens is 4. The summed E-state index contributed by atoms with van der Waals surface area (Å²) in [5.74, 6) is -1.06. The van der Waals surface area contributed by atoms with Gasteiger partial charge in [-0.2, -0.15) is 0 Å². The number of benzene rings is 3. The van der Waals surface area contributed by atoms with E-state index in [1.165, 1.54) is 41.3 Å². The van der Waals surface area contributed by atoms with Gasteiger partial charge in [0.2, 0.25) is 11.8 Å². The Balaban J connectivity index is 2.09. The van der Waals surface area contributed by atoms with Crippen LogP contribution in [0.3, 0.4) is 0 Å². The fraction of sp³-hybridized carbons (Fsp3) is 0.286. The van der Waals surface area contributed by atoms with Gasteiger partial charge in [0.05, 0.1) is 10.6 Å². The molecular formula is C28H29Cl4N3O4S. The minimum Gasteiger partial charge on any atom is -0.352 e. The summed E-state index contributed by atoms with van der Waals surface area (Å²) in [7, 11) is -4.26. The number of nitrogens with one attached hydrogen (secondary N) is 1. The van der Waals surface area contributed by atoms with E-state index in [-0.39, 0.29) is 33.2 Å². The van der Waals surface area contributed by atoms with Gasteiger partial charge in [0.15, 0.2) is 0 Å². The monoisotopic (exact) mass is 643 g/mol. The maximum absolute atomic E-state index is 13.9. The Labute approximate surface area is 255 Å². The molecule has 0 aliphatic carbocycles. The van der Waals surface area contributed by atoms with Gasteiger partial charge in [0.1, 0.15) is 12.6 Å². The Bertz CT molecular complexity index is 1480. The predicted octanol–water partition coefficient (Wildman–Crippen LogP) is 6.75. The standard InChI is InChI=1S/C28H29Cl4N3O4S/c1-17(2)33-28(37)19(4)34(15-20-7-8-21(29)14-26(20)32)27(36)16-35(24-12-22(30)11-23(31)13-24)40(38,39)25-9-5-18(3)6-10-25/h5-14,17,19H,15-16H2,1-4H3,(H,33,37). The molecule has 0 aliphatic heterocycles. The van der Waals surface area contributed by atoms with E-state index in [4.69, 9.17) is 46.4 Å². The highest BCUT2D eigenvalue weighted by atomic mass is 35.5. The topological polar surface area (TPSA) is 86.8 Å². The normalized spacial score (nSPS) is 12.2. The van der Waals surface area contributed by atoms with Crippen molar-refractivity contribution in [3.05, 3.63) is 91.9 Å². The molecule has 2 amide bonds. The van der Waals surface area contributed by atoms with Crippen molar-refractivity contribution < 1.29 is 18.0 Å². The molecular weight excluding hydrogens is 616 g/mol. The van der Waals surface area contributed by atoms with Crippen molar-refractivity contribution >= 4 is 73.9 Å². The fourth-order valence-electron chi connectivity index (χ4n) is 3.87. The molecule has 1 N–H and O–H groups in total. The van der Waals surface area contributed by atoms with Gasteiger partial charge in [0.25, 0.3) is 10.0 Å². The zero-order valence-corrected chi connectivity index (χ0v) is 26.1. The van der Waals surface area contributed by atoms with Crippen LogP contribution in [0, 0.1) is 6.92 Å². The second-order valence-corrected chi connectivity index (χ2v) is 13.1. The van der Waals surface area contributed by atoms with Crippen LogP contribution < -0.4 is 9.62 Å². The van der Waals surface area contributed by atoms with Gasteiger partial charge in [-0.25, -0.2) is 8.42 Å². The number of sulfonamides is 1. The summed E-state index contributed by atoms with van der Waals surface area (Å²) in [5.41, 5.74) is 1.49. The summed E-state index contributed by atoms with van der Waals surface area (Å²) < 4.78 is 28.7. The summed E-state index contributed by atoms with van der Waals surface area (Å²) in [5, 5.41) is 3.88. The average molecular weight is 645 g/mol. The van der Waals surface area contributed by atoms with Crippen molar-refractivity contribution in [1.82, 2.24) is 10.2 Å². The molecule has 0 spiro atoms. The highest BCUT2D eigenvalue weighted by Gasteiger charge is 2.33. The third kappa shape index (κ3) is 8.04. The van der Waals surface area contributed by atoms with Crippen molar-refractivity contribution in [2.75, 3.05) is 10.8 Å². The number of hydrogen-bond donors (Lipinski definition) is 1. The number of nitrogens with zero attached hydrogens (tertiary/aromatic N) is 2. The summed E-state index contributed by atoms with van der Waals surface area (Å²) in [6.45, 7) is 6.27. The van der Waals surface area contributed by atoms with Gasteiger partial charge in [0, 0.05) is 32.7 Å². The molecule has 0 saturated heterocycles. The van der Waals surface area contributed by atoms with Gasteiger partial charge >= 0.3 is 0 Å². The Hall–Kier alpha value is -2.49. The maximum Gasteiger partial charge on any atom is 0.264 e. The number of hydrogen-bond acceptors (Lipinski definition) is 4. The van der Waals surface area contributed by atoms with E-state index < -0.39 is 34.4 Å². The van der Waals surface area contributed by atoms with E-state index in [2.05, 4.69) is 5.32 Å². The maximum atomic E-state index is 13.9.